The molecule has 3 heterocycles. The van der Waals surface area contributed by atoms with Crippen LogP contribution < -0.4 is 14.8 Å². The highest BCUT2D eigenvalue weighted by atomic mass is 19.1. The molecule has 38 heavy (non-hydrogen) atoms. The van der Waals surface area contributed by atoms with Crippen LogP contribution in [0.4, 0.5) is 4.39 Å². The number of fused-ring (bicyclic) bond motifs is 1. The Bertz CT molecular complexity index is 1540. The van der Waals surface area contributed by atoms with E-state index in [1.165, 1.54) is 18.0 Å². The first-order valence-electron chi connectivity index (χ1n) is 12.8. The molecule has 7 heteroatoms. The summed E-state index contributed by atoms with van der Waals surface area (Å²) in [6, 6.07) is 24.5. The van der Waals surface area contributed by atoms with E-state index in [0.29, 0.717) is 40.4 Å². The summed E-state index contributed by atoms with van der Waals surface area (Å²) in [6.07, 6.45) is 4.02. The topological polar surface area (TPSA) is 69.4 Å². The summed E-state index contributed by atoms with van der Waals surface area (Å²) >= 11 is 0. The first-order chi connectivity index (χ1) is 18.7. The van der Waals surface area contributed by atoms with Gasteiger partial charge < -0.3 is 19.2 Å². The van der Waals surface area contributed by atoms with Gasteiger partial charge in [-0.05, 0) is 54.8 Å². The quantitative estimate of drug-likeness (QED) is 0.272. The second-order valence-electron chi connectivity index (χ2n) is 9.60. The van der Waals surface area contributed by atoms with Gasteiger partial charge in [0.1, 0.15) is 34.6 Å². The van der Waals surface area contributed by atoms with Crippen molar-refractivity contribution in [2.45, 2.75) is 24.9 Å². The van der Waals surface area contributed by atoms with Crippen molar-refractivity contribution in [3.8, 4) is 34.1 Å². The molecule has 0 saturated carbocycles. The number of hydrogen-bond acceptors (Lipinski definition) is 6. The number of rotatable bonds is 7. The Morgan fingerprint density at radius 3 is 2.50 bits per heavy atom. The van der Waals surface area contributed by atoms with Crippen LogP contribution in [0.15, 0.2) is 89.6 Å². The summed E-state index contributed by atoms with van der Waals surface area (Å²) < 4.78 is 33.5. The number of nitrogens with one attached hydrogen (secondary N) is 1. The van der Waals surface area contributed by atoms with E-state index in [1.54, 1.807) is 25.3 Å². The van der Waals surface area contributed by atoms with Gasteiger partial charge in [0.05, 0.1) is 12.7 Å². The monoisotopic (exact) mass is 509 g/mol. The van der Waals surface area contributed by atoms with Crippen LogP contribution in [0.25, 0.3) is 33.6 Å². The zero-order chi connectivity index (χ0) is 26.0. The number of benzene rings is 3. The lowest BCUT2D eigenvalue weighted by atomic mass is 9.87. The number of furan rings is 1. The Labute approximate surface area is 220 Å². The van der Waals surface area contributed by atoms with Gasteiger partial charge in [0.2, 0.25) is 11.6 Å². The third-order valence-electron chi connectivity index (χ3n) is 7.07. The second-order valence-corrected chi connectivity index (χ2v) is 9.60. The number of halogens is 1. The van der Waals surface area contributed by atoms with Gasteiger partial charge in [-0.3, -0.25) is 0 Å². The average Bonchev–Trinajstić information content (AvgIpc) is 3.35. The zero-order valence-electron chi connectivity index (χ0n) is 21.1. The second kappa shape index (κ2) is 10.3. The lowest BCUT2D eigenvalue weighted by molar-refractivity contribution is 0.0401. The van der Waals surface area contributed by atoms with E-state index in [0.717, 1.165) is 37.1 Å². The van der Waals surface area contributed by atoms with E-state index in [4.69, 9.17) is 13.9 Å². The van der Waals surface area contributed by atoms with E-state index in [1.807, 2.05) is 42.5 Å². The minimum absolute atomic E-state index is 0.345. The predicted octanol–water partition coefficient (Wildman–Crippen LogP) is 6.45. The molecule has 6 nitrogen and oxygen atoms in total. The maximum absolute atomic E-state index is 15.0. The fraction of sp³-hybridized carbons (Fsp3) is 0.226. The Morgan fingerprint density at radius 1 is 0.974 bits per heavy atom. The average molecular weight is 510 g/mol. The summed E-state index contributed by atoms with van der Waals surface area (Å²) in [6.45, 7) is 1.63. The molecule has 5 aromatic rings. The minimum Gasteiger partial charge on any atom is -0.497 e. The van der Waals surface area contributed by atoms with E-state index in [9.17, 15) is 0 Å². The van der Waals surface area contributed by atoms with Crippen LogP contribution in [0.2, 0.25) is 0 Å². The van der Waals surface area contributed by atoms with Crippen molar-refractivity contribution in [1.29, 1.82) is 0 Å². The molecule has 0 radical (unpaired) electrons. The molecule has 2 aromatic heterocycles. The SMILES string of the molecule is COc1ccc(-c2c(-c3ccccc3F)oc3ncnc(O[C@@]4(Cc5ccccc5)CCCNC4)c23)cc1. The van der Waals surface area contributed by atoms with Crippen molar-refractivity contribution in [1.82, 2.24) is 15.3 Å². The fourth-order valence-electron chi connectivity index (χ4n) is 5.24. The van der Waals surface area contributed by atoms with Gasteiger partial charge in [-0.15, -0.1) is 0 Å². The minimum atomic E-state index is -0.506. The summed E-state index contributed by atoms with van der Waals surface area (Å²) in [5.74, 6) is 1.14. The molecule has 192 valence electrons. The number of nitrogens with zero attached hydrogens (tertiary/aromatic N) is 2. The van der Waals surface area contributed by atoms with Crippen LogP contribution in [0.3, 0.4) is 0 Å². The van der Waals surface area contributed by atoms with Gasteiger partial charge in [0, 0.05) is 18.5 Å². The zero-order valence-corrected chi connectivity index (χ0v) is 21.1. The molecule has 0 amide bonds. The first-order valence-corrected chi connectivity index (χ1v) is 12.8. The van der Waals surface area contributed by atoms with E-state index in [-0.39, 0.29) is 5.82 Å². The maximum atomic E-state index is 15.0. The summed E-state index contributed by atoms with van der Waals surface area (Å²) in [5.41, 5.74) is 2.88. The van der Waals surface area contributed by atoms with Crippen LogP contribution >= 0.6 is 0 Å². The number of ether oxygens (including phenoxy) is 2. The molecule has 6 rings (SSSR count). The molecule has 3 aromatic carbocycles. The van der Waals surface area contributed by atoms with Gasteiger partial charge in [-0.25, -0.2) is 14.4 Å². The van der Waals surface area contributed by atoms with Crippen molar-refractivity contribution < 1.29 is 18.3 Å². The van der Waals surface area contributed by atoms with E-state index >= 15 is 4.39 Å². The van der Waals surface area contributed by atoms with Crippen LogP contribution in [-0.4, -0.2) is 35.8 Å². The van der Waals surface area contributed by atoms with Gasteiger partial charge in [0.15, 0.2) is 0 Å². The highest BCUT2D eigenvalue weighted by Crippen LogP contribution is 2.45. The lowest BCUT2D eigenvalue weighted by Gasteiger charge is -2.38. The number of piperidine rings is 1. The Morgan fingerprint density at radius 2 is 1.76 bits per heavy atom. The smallest absolute Gasteiger partial charge is 0.234 e. The van der Waals surface area contributed by atoms with Crippen molar-refractivity contribution >= 4 is 11.1 Å². The van der Waals surface area contributed by atoms with Crippen molar-refractivity contribution in [2.24, 2.45) is 0 Å². The molecule has 1 atom stereocenters. The van der Waals surface area contributed by atoms with E-state index in [2.05, 4.69) is 27.4 Å². The largest absolute Gasteiger partial charge is 0.497 e. The van der Waals surface area contributed by atoms with E-state index < -0.39 is 5.60 Å². The predicted molar refractivity (Wildman–Crippen MR) is 145 cm³/mol. The molecule has 1 saturated heterocycles. The Kier molecular flexibility index (Phi) is 6.52. The molecule has 1 N–H and O–H groups in total. The summed E-state index contributed by atoms with van der Waals surface area (Å²) in [4.78, 5) is 9.01. The summed E-state index contributed by atoms with van der Waals surface area (Å²) in [5, 5.41) is 4.13. The number of hydrogen-bond donors (Lipinski definition) is 1. The molecule has 0 unspecified atom stereocenters. The maximum Gasteiger partial charge on any atom is 0.234 e. The highest BCUT2D eigenvalue weighted by molar-refractivity contribution is 6.03. The van der Waals surface area contributed by atoms with Gasteiger partial charge in [0.25, 0.3) is 0 Å². The molecule has 1 fully saturated rings. The van der Waals surface area contributed by atoms with Crippen LogP contribution in [0.1, 0.15) is 18.4 Å². The van der Waals surface area contributed by atoms with Gasteiger partial charge in [-0.1, -0.05) is 54.6 Å². The third kappa shape index (κ3) is 4.61. The van der Waals surface area contributed by atoms with Crippen molar-refractivity contribution in [2.75, 3.05) is 20.2 Å². The fourth-order valence-corrected chi connectivity index (χ4v) is 5.24. The normalized spacial score (nSPS) is 17.4. The molecule has 0 spiro atoms. The molecule has 0 bridgehead atoms. The Hall–Kier alpha value is -4.23. The summed E-state index contributed by atoms with van der Waals surface area (Å²) in [7, 11) is 1.62. The number of aromatic nitrogens is 2. The molecular formula is C31H28FN3O3. The van der Waals surface area contributed by atoms with Crippen molar-refractivity contribution in [3.05, 3.63) is 96.6 Å². The van der Waals surface area contributed by atoms with Crippen LogP contribution in [-0.2, 0) is 6.42 Å². The van der Waals surface area contributed by atoms with Crippen molar-refractivity contribution in [3.63, 3.8) is 0 Å². The van der Waals surface area contributed by atoms with Gasteiger partial charge in [-0.2, -0.15) is 0 Å². The molecular weight excluding hydrogens is 481 g/mol. The van der Waals surface area contributed by atoms with Crippen LogP contribution in [0, 0.1) is 5.82 Å². The Balaban J connectivity index is 1.53. The third-order valence-corrected chi connectivity index (χ3v) is 7.07. The standard InChI is InChI=1S/C31H28FN3O3/c1-36-23-14-12-22(13-15-23)26-27-29(37-28(26)24-10-5-6-11-25(24)32)34-20-35-30(27)38-31(16-7-17-33-19-31)18-21-8-3-2-4-9-21/h2-6,8-15,20,33H,7,16-19H2,1H3/t31-/m1/s1. The molecule has 0 aliphatic carbocycles. The molecule has 1 aliphatic heterocycles. The highest BCUT2D eigenvalue weighted by Gasteiger charge is 2.37. The number of methoxy groups -OCH3 is 1. The first kappa shape index (κ1) is 24.1. The van der Waals surface area contributed by atoms with Crippen LogP contribution in [0.5, 0.6) is 11.6 Å². The lowest BCUT2D eigenvalue weighted by Crippen LogP contribution is -2.51. The van der Waals surface area contributed by atoms with Gasteiger partial charge >= 0.3 is 0 Å². The molecule has 1 aliphatic rings.